The molecular weight excluding hydrogens is 183 g/mol. The first-order chi connectivity index (χ1) is 6.77. The van der Waals surface area contributed by atoms with Gasteiger partial charge in [0.15, 0.2) is 0 Å². The van der Waals surface area contributed by atoms with E-state index in [1.54, 1.807) is 18.2 Å². The summed E-state index contributed by atoms with van der Waals surface area (Å²) in [6.07, 6.45) is 0. The van der Waals surface area contributed by atoms with Gasteiger partial charge in [-0.1, -0.05) is 12.1 Å². The third-order valence-corrected chi connectivity index (χ3v) is 1.83. The van der Waals surface area contributed by atoms with Crippen molar-refractivity contribution in [3.8, 4) is 11.3 Å². The highest BCUT2D eigenvalue weighted by Crippen LogP contribution is 2.18. The predicted octanol–water partition coefficient (Wildman–Crippen LogP) is 1.58. The van der Waals surface area contributed by atoms with Crippen LogP contribution in [0.1, 0.15) is 0 Å². The van der Waals surface area contributed by atoms with Crippen molar-refractivity contribution in [2.45, 2.75) is 0 Å². The molecule has 1 aromatic heterocycles. The molecule has 2 rings (SSSR count). The molecule has 2 aromatic rings. The molecule has 0 unspecified atom stereocenters. The summed E-state index contributed by atoms with van der Waals surface area (Å²) in [6.45, 7) is 0. The quantitative estimate of drug-likeness (QED) is 0.741. The first kappa shape index (κ1) is 8.62. The Hall–Kier alpha value is -1.97. The predicted molar refractivity (Wildman–Crippen MR) is 50.3 cm³/mol. The van der Waals surface area contributed by atoms with E-state index >= 15 is 0 Å². The van der Waals surface area contributed by atoms with Gasteiger partial charge in [-0.25, -0.2) is 9.49 Å². The van der Waals surface area contributed by atoms with E-state index in [1.807, 2.05) is 0 Å². The SMILES string of the molecule is O=c1ccc(-c2ccccc2F)n[nH]1. The van der Waals surface area contributed by atoms with E-state index in [9.17, 15) is 9.18 Å². The molecule has 70 valence electrons. The Bertz CT molecular complexity index is 487. The van der Waals surface area contributed by atoms with Crippen LogP contribution in [0.25, 0.3) is 11.3 Å². The van der Waals surface area contributed by atoms with E-state index in [0.717, 1.165) is 0 Å². The van der Waals surface area contributed by atoms with Crippen molar-refractivity contribution >= 4 is 0 Å². The van der Waals surface area contributed by atoms with Gasteiger partial charge in [0.2, 0.25) is 0 Å². The maximum Gasteiger partial charge on any atom is 0.264 e. The zero-order chi connectivity index (χ0) is 9.97. The number of hydrogen-bond donors (Lipinski definition) is 1. The number of aromatic amines is 1. The van der Waals surface area contributed by atoms with Crippen LogP contribution in [-0.4, -0.2) is 10.2 Å². The van der Waals surface area contributed by atoms with Crippen LogP contribution in [-0.2, 0) is 0 Å². The number of H-pyrrole nitrogens is 1. The number of nitrogens with one attached hydrogen (secondary N) is 1. The maximum atomic E-state index is 13.2. The summed E-state index contributed by atoms with van der Waals surface area (Å²) in [7, 11) is 0. The van der Waals surface area contributed by atoms with E-state index in [4.69, 9.17) is 0 Å². The minimum Gasteiger partial charge on any atom is -0.268 e. The number of halogens is 1. The molecule has 0 atom stereocenters. The Morgan fingerprint density at radius 3 is 2.57 bits per heavy atom. The second-order valence-electron chi connectivity index (χ2n) is 2.79. The third kappa shape index (κ3) is 1.54. The molecule has 0 aliphatic carbocycles. The lowest BCUT2D eigenvalue weighted by Gasteiger charge is -1.99. The van der Waals surface area contributed by atoms with Crippen LogP contribution in [0.2, 0.25) is 0 Å². The number of aromatic nitrogens is 2. The Morgan fingerprint density at radius 2 is 1.93 bits per heavy atom. The second kappa shape index (κ2) is 3.41. The molecule has 3 nitrogen and oxygen atoms in total. The summed E-state index contributed by atoms with van der Waals surface area (Å²) >= 11 is 0. The normalized spacial score (nSPS) is 10.1. The van der Waals surface area contributed by atoms with Gasteiger partial charge in [0, 0.05) is 11.6 Å². The maximum absolute atomic E-state index is 13.2. The zero-order valence-electron chi connectivity index (χ0n) is 7.20. The van der Waals surface area contributed by atoms with E-state index in [-0.39, 0.29) is 11.4 Å². The molecule has 0 amide bonds. The Balaban J connectivity index is 2.55. The summed E-state index contributed by atoms with van der Waals surface area (Å²) < 4.78 is 13.2. The third-order valence-electron chi connectivity index (χ3n) is 1.83. The number of rotatable bonds is 1. The molecule has 0 saturated carbocycles. The lowest BCUT2D eigenvalue weighted by Crippen LogP contribution is -2.05. The molecule has 0 fully saturated rings. The molecule has 0 radical (unpaired) electrons. The van der Waals surface area contributed by atoms with Crippen LogP contribution in [0.4, 0.5) is 4.39 Å². The van der Waals surface area contributed by atoms with E-state index < -0.39 is 0 Å². The molecule has 0 saturated heterocycles. The second-order valence-corrected chi connectivity index (χ2v) is 2.79. The van der Waals surface area contributed by atoms with Crippen molar-refractivity contribution < 1.29 is 4.39 Å². The van der Waals surface area contributed by atoms with E-state index in [2.05, 4.69) is 10.2 Å². The minimum atomic E-state index is -0.355. The van der Waals surface area contributed by atoms with Crippen molar-refractivity contribution in [3.63, 3.8) is 0 Å². The molecule has 0 aliphatic rings. The molecule has 4 heteroatoms. The smallest absolute Gasteiger partial charge is 0.264 e. The molecule has 1 N–H and O–H groups in total. The molecule has 0 spiro atoms. The molecule has 0 aliphatic heterocycles. The van der Waals surface area contributed by atoms with Crippen LogP contribution in [0, 0.1) is 5.82 Å². The summed E-state index contributed by atoms with van der Waals surface area (Å²) in [4.78, 5) is 10.7. The van der Waals surface area contributed by atoms with Gasteiger partial charge in [-0.3, -0.25) is 4.79 Å². The largest absolute Gasteiger partial charge is 0.268 e. The highest BCUT2D eigenvalue weighted by atomic mass is 19.1. The van der Waals surface area contributed by atoms with Gasteiger partial charge in [-0.15, -0.1) is 0 Å². The first-order valence-electron chi connectivity index (χ1n) is 4.08. The summed E-state index contributed by atoms with van der Waals surface area (Å²) in [5.41, 5.74) is 0.497. The average Bonchev–Trinajstić information content (AvgIpc) is 2.20. The van der Waals surface area contributed by atoms with Crippen molar-refractivity contribution in [3.05, 3.63) is 52.6 Å². The van der Waals surface area contributed by atoms with Crippen LogP contribution in [0.5, 0.6) is 0 Å². The first-order valence-corrected chi connectivity index (χ1v) is 4.08. The standard InChI is InChI=1S/C10H7FN2O/c11-8-4-2-1-3-7(8)9-5-6-10(14)13-12-9/h1-6H,(H,13,14). The van der Waals surface area contributed by atoms with Gasteiger partial charge >= 0.3 is 0 Å². The van der Waals surface area contributed by atoms with Crippen LogP contribution < -0.4 is 5.56 Å². The van der Waals surface area contributed by atoms with Crippen molar-refractivity contribution in [2.75, 3.05) is 0 Å². The molecular formula is C10H7FN2O. The summed E-state index contributed by atoms with van der Waals surface area (Å²) in [6, 6.07) is 9.07. The van der Waals surface area contributed by atoms with Gasteiger partial charge in [-0.05, 0) is 18.2 Å². The molecule has 1 heterocycles. The fraction of sp³-hybridized carbons (Fsp3) is 0. The number of benzene rings is 1. The van der Waals surface area contributed by atoms with Gasteiger partial charge in [0.1, 0.15) is 5.82 Å². The fourth-order valence-corrected chi connectivity index (χ4v) is 1.16. The fourth-order valence-electron chi connectivity index (χ4n) is 1.16. The number of nitrogens with zero attached hydrogens (tertiary/aromatic N) is 1. The lowest BCUT2D eigenvalue weighted by molar-refractivity contribution is 0.630. The number of hydrogen-bond acceptors (Lipinski definition) is 2. The molecule has 0 bridgehead atoms. The topological polar surface area (TPSA) is 45.8 Å². The highest BCUT2D eigenvalue weighted by Gasteiger charge is 2.04. The lowest BCUT2D eigenvalue weighted by atomic mass is 10.1. The molecule has 14 heavy (non-hydrogen) atoms. The van der Waals surface area contributed by atoms with Gasteiger partial charge in [0.25, 0.3) is 5.56 Å². The minimum absolute atomic E-state index is 0.301. The Labute approximate surface area is 79.2 Å². The van der Waals surface area contributed by atoms with Gasteiger partial charge in [0.05, 0.1) is 5.69 Å². The Morgan fingerprint density at radius 1 is 1.14 bits per heavy atom. The van der Waals surface area contributed by atoms with Crippen molar-refractivity contribution in [2.24, 2.45) is 0 Å². The van der Waals surface area contributed by atoms with Crippen LogP contribution >= 0.6 is 0 Å². The van der Waals surface area contributed by atoms with Gasteiger partial charge in [-0.2, -0.15) is 5.10 Å². The highest BCUT2D eigenvalue weighted by molar-refractivity contribution is 5.58. The Kier molecular flexibility index (Phi) is 2.10. The van der Waals surface area contributed by atoms with E-state index in [0.29, 0.717) is 11.3 Å². The summed E-state index contributed by atoms with van der Waals surface area (Å²) in [5.74, 6) is -0.355. The van der Waals surface area contributed by atoms with Gasteiger partial charge < -0.3 is 0 Å². The van der Waals surface area contributed by atoms with Crippen molar-refractivity contribution in [1.29, 1.82) is 0 Å². The van der Waals surface area contributed by atoms with E-state index in [1.165, 1.54) is 18.2 Å². The average molecular weight is 190 g/mol. The van der Waals surface area contributed by atoms with Crippen molar-refractivity contribution in [1.82, 2.24) is 10.2 Å². The summed E-state index contributed by atoms with van der Waals surface area (Å²) in [5, 5.41) is 5.99. The molecule has 1 aromatic carbocycles. The van der Waals surface area contributed by atoms with Crippen LogP contribution in [0.3, 0.4) is 0 Å². The zero-order valence-corrected chi connectivity index (χ0v) is 7.20. The monoisotopic (exact) mass is 190 g/mol. The van der Waals surface area contributed by atoms with Crippen LogP contribution in [0.15, 0.2) is 41.2 Å².